The fraction of sp³-hybridized carbons (Fsp3) is 0.438. The van der Waals surface area contributed by atoms with E-state index in [0.29, 0.717) is 28.7 Å². The molecule has 0 aliphatic heterocycles. The van der Waals surface area contributed by atoms with Crippen molar-refractivity contribution < 1.29 is 9.53 Å². The summed E-state index contributed by atoms with van der Waals surface area (Å²) < 4.78 is 7.82. The third-order valence-corrected chi connectivity index (χ3v) is 4.07. The Bertz CT molecular complexity index is 744. The lowest BCUT2D eigenvalue weighted by molar-refractivity contribution is -0.130. The lowest BCUT2D eigenvalue weighted by atomic mass is 10.3. The van der Waals surface area contributed by atoms with E-state index >= 15 is 0 Å². The summed E-state index contributed by atoms with van der Waals surface area (Å²) in [4.78, 5) is 14.0. The van der Waals surface area contributed by atoms with Crippen molar-refractivity contribution in [1.29, 1.82) is 0 Å². The number of rotatable bonds is 8. The van der Waals surface area contributed by atoms with E-state index in [0.717, 1.165) is 18.7 Å². The Labute approximate surface area is 151 Å². The highest BCUT2D eigenvalue weighted by Gasteiger charge is 2.13. The van der Waals surface area contributed by atoms with Crippen molar-refractivity contribution in [2.24, 2.45) is 0 Å². The standard InChI is InChI=1S/C16H21ClN4O2S/c1-3-5-14-18-19-16(24)21(14)11-15(22)20(2)8-9-23-13-7-4-6-12(17)10-13/h4,6-7,10H,3,5,8-9,11H2,1-2H3,(H,19,24). The molecular formula is C16H21ClN4O2S. The molecule has 24 heavy (non-hydrogen) atoms. The van der Waals surface area contributed by atoms with Crippen molar-refractivity contribution in [2.45, 2.75) is 26.3 Å². The van der Waals surface area contributed by atoms with Gasteiger partial charge in [0.1, 0.15) is 24.7 Å². The molecule has 8 heteroatoms. The molecule has 0 aliphatic rings. The zero-order valence-electron chi connectivity index (χ0n) is 13.8. The number of benzene rings is 1. The molecule has 0 unspecified atom stereocenters. The fourth-order valence-electron chi connectivity index (χ4n) is 2.17. The normalized spacial score (nSPS) is 10.6. The second-order valence-electron chi connectivity index (χ2n) is 5.40. The van der Waals surface area contributed by atoms with Crippen LogP contribution in [0.3, 0.4) is 0 Å². The number of ether oxygens (including phenoxy) is 1. The van der Waals surface area contributed by atoms with Gasteiger partial charge in [-0.1, -0.05) is 24.6 Å². The molecule has 0 radical (unpaired) electrons. The molecule has 0 aliphatic carbocycles. The molecule has 0 bridgehead atoms. The number of hydrogen-bond donors (Lipinski definition) is 1. The van der Waals surface area contributed by atoms with Gasteiger partial charge in [-0.25, -0.2) is 0 Å². The van der Waals surface area contributed by atoms with Crippen LogP contribution in [0.5, 0.6) is 5.75 Å². The molecule has 1 aromatic carbocycles. The van der Waals surface area contributed by atoms with Gasteiger partial charge in [0, 0.05) is 18.5 Å². The molecule has 1 heterocycles. The van der Waals surface area contributed by atoms with Crippen LogP contribution in [0.15, 0.2) is 24.3 Å². The molecule has 2 rings (SSSR count). The minimum absolute atomic E-state index is 0.0421. The predicted molar refractivity (Wildman–Crippen MR) is 96.0 cm³/mol. The first-order valence-corrected chi connectivity index (χ1v) is 8.56. The minimum Gasteiger partial charge on any atom is -0.492 e. The van der Waals surface area contributed by atoms with Gasteiger partial charge >= 0.3 is 0 Å². The van der Waals surface area contributed by atoms with Crippen LogP contribution in [0.2, 0.25) is 5.02 Å². The largest absolute Gasteiger partial charge is 0.492 e. The summed E-state index contributed by atoms with van der Waals surface area (Å²) in [5.41, 5.74) is 0. The molecule has 6 nitrogen and oxygen atoms in total. The van der Waals surface area contributed by atoms with Gasteiger partial charge in [-0.15, -0.1) is 0 Å². The Morgan fingerprint density at radius 2 is 2.29 bits per heavy atom. The Morgan fingerprint density at radius 3 is 3.00 bits per heavy atom. The summed E-state index contributed by atoms with van der Waals surface area (Å²) in [6.07, 6.45) is 1.72. The van der Waals surface area contributed by atoms with E-state index in [1.54, 1.807) is 28.6 Å². The highest BCUT2D eigenvalue weighted by atomic mass is 35.5. The number of carbonyl (C=O) groups excluding carboxylic acids is 1. The van der Waals surface area contributed by atoms with E-state index < -0.39 is 0 Å². The van der Waals surface area contributed by atoms with Gasteiger partial charge in [0.05, 0.1) is 6.54 Å². The van der Waals surface area contributed by atoms with Crippen molar-refractivity contribution in [3.8, 4) is 5.75 Å². The van der Waals surface area contributed by atoms with Gasteiger partial charge < -0.3 is 9.64 Å². The number of H-pyrrole nitrogens is 1. The number of amides is 1. The van der Waals surface area contributed by atoms with Gasteiger partial charge in [-0.05, 0) is 36.8 Å². The number of carbonyl (C=O) groups is 1. The number of halogens is 1. The monoisotopic (exact) mass is 368 g/mol. The summed E-state index contributed by atoms with van der Waals surface area (Å²) in [7, 11) is 1.74. The molecular weight excluding hydrogens is 348 g/mol. The van der Waals surface area contributed by atoms with Gasteiger partial charge in [-0.3, -0.25) is 14.5 Å². The Morgan fingerprint density at radius 1 is 1.50 bits per heavy atom. The molecule has 0 saturated heterocycles. The second-order valence-corrected chi connectivity index (χ2v) is 6.23. The average molecular weight is 369 g/mol. The van der Waals surface area contributed by atoms with Crippen LogP contribution in [0.25, 0.3) is 0 Å². The molecule has 0 spiro atoms. The van der Waals surface area contributed by atoms with Crippen molar-refractivity contribution in [1.82, 2.24) is 19.7 Å². The third-order valence-electron chi connectivity index (χ3n) is 3.52. The van der Waals surface area contributed by atoms with E-state index in [1.807, 2.05) is 12.1 Å². The molecule has 130 valence electrons. The molecule has 0 atom stereocenters. The molecule has 2 aromatic rings. The van der Waals surface area contributed by atoms with Crippen LogP contribution in [-0.4, -0.2) is 45.8 Å². The van der Waals surface area contributed by atoms with Crippen molar-refractivity contribution in [2.75, 3.05) is 20.2 Å². The summed E-state index contributed by atoms with van der Waals surface area (Å²) in [5, 5.41) is 7.53. The quantitative estimate of drug-likeness (QED) is 0.727. The van der Waals surface area contributed by atoms with Gasteiger partial charge in [0.15, 0.2) is 4.77 Å². The van der Waals surface area contributed by atoms with Crippen molar-refractivity contribution >= 4 is 29.7 Å². The molecule has 1 aromatic heterocycles. The number of nitrogens with zero attached hydrogens (tertiary/aromatic N) is 3. The molecule has 0 saturated carbocycles. The Kier molecular flexibility index (Phi) is 6.81. The number of likely N-dealkylation sites (N-methyl/N-ethyl adjacent to an activating group) is 1. The first-order valence-electron chi connectivity index (χ1n) is 7.77. The Hall–Kier alpha value is -1.86. The van der Waals surface area contributed by atoms with E-state index in [1.165, 1.54) is 0 Å². The van der Waals surface area contributed by atoms with Gasteiger partial charge in [0.2, 0.25) is 5.91 Å². The predicted octanol–water partition coefficient (Wildman–Crippen LogP) is 3.08. The third kappa shape index (κ3) is 5.07. The van der Waals surface area contributed by atoms with Crippen LogP contribution < -0.4 is 4.74 Å². The van der Waals surface area contributed by atoms with Crippen molar-refractivity contribution in [3.63, 3.8) is 0 Å². The summed E-state index contributed by atoms with van der Waals surface area (Å²) in [6, 6.07) is 7.18. The first kappa shape index (κ1) is 18.5. The van der Waals surface area contributed by atoms with Gasteiger partial charge in [-0.2, -0.15) is 5.10 Å². The smallest absolute Gasteiger partial charge is 0.242 e. The van der Waals surface area contributed by atoms with E-state index in [2.05, 4.69) is 17.1 Å². The summed E-state index contributed by atoms with van der Waals surface area (Å²) in [6.45, 7) is 3.10. The van der Waals surface area contributed by atoms with Crippen LogP contribution in [0.1, 0.15) is 19.2 Å². The second kappa shape index (κ2) is 8.84. The zero-order valence-corrected chi connectivity index (χ0v) is 15.4. The Balaban J connectivity index is 1.86. The van der Waals surface area contributed by atoms with Gasteiger partial charge in [0.25, 0.3) is 0 Å². The lowest BCUT2D eigenvalue weighted by Crippen LogP contribution is -2.34. The zero-order chi connectivity index (χ0) is 17.5. The lowest BCUT2D eigenvalue weighted by Gasteiger charge is -2.18. The highest BCUT2D eigenvalue weighted by Crippen LogP contribution is 2.16. The van der Waals surface area contributed by atoms with Crippen LogP contribution in [-0.2, 0) is 17.8 Å². The number of aryl methyl sites for hydroxylation is 1. The van der Waals surface area contributed by atoms with E-state index in [-0.39, 0.29) is 12.5 Å². The van der Waals surface area contributed by atoms with Crippen LogP contribution in [0, 0.1) is 4.77 Å². The SMILES string of the molecule is CCCc1n[nH]c(=S)n1CC(=O)N(C)CCOc1cccc(Cl)c1. The molecule has 1 amide bonds. The number of nitrogens with one attached hydrogen (secondary N) is 1. The van der Waals surface area contributed by atoms with E-state index in [9.17, 15) is 4.79 Å². The number of aromatic nitrogens is 3. The fourth-order valence-corrected chi connectivity index (χ4v) is 2.56. The minimum atomic E-state index is -0.0421. The maximum atomic E-state index is 12.4. The van der Waals surface area contributed by atoms with Crippen LogP contribution >= 0.6 is 23.8 Å². The summed E-state index contributed by atoms with van der Waals surface area (Å²) >= 11 is 11.1. The maximum absolute atomic E-state index is 12.4. The topological polar surface area (TPSA) is 63.2 Å². The molecule has 0 fully saturated rings. The summed E-state index contributed by atoms with van der Waals surface area (Å²) in [5.74, 6) is 1.45. The van der Waals surface area contributed by atoms with Crippen LogP contribution in [0.4, 0.5) is 0 Å². The first-order chi connectivity index (χ1) is 11.5. The highest BCUT2D eigenvalue weighted by molar-refractivity contribution is 7.71. The van der Waals surface area contributed by atoms with E-state index in [4.69, 9.17) is 28.6 Å². The molecule has 1 N–H and O–H groups in total. The number of hydrogen-bond acceptors (Lipinski definition) is 4. The maximum Gasteiger partial charge on any atom is 0.242 e. The van der Waals surface area contributed by atoms with Crippen molar-refractivity contribution in [3.05, 3.63) is 39.9 Å². The average Bonchev–Trinajstić information content (AvgIpc) is 2.88. The number of aromatic amines is 1.